The first-order valence-electron chi connectivity index (χ1n) is 13.3. The molecule has 0 unspecified atom stereocenters. The molecule has 6 aromatic carbocycles. The number of hydrogen-bond donors (Lipinski definition) is 0. The minimum Gasteiger partial charge on any atom is -0.289 e. The molecule has 1 nitrogen and oxygen atoms in total. The second-order valence-corrected chi connectivity index (χ2v) is 9.79. The van der Waals surface area contributed by atoms with Crippen LogP contribution in [0.1, 0.15) is 27.0 Å². The quantitative estimate of drug-likeness (QED) is 0.199. The predicted molar refractivity (Wildman–Crippen MR) is 162 cm³/mol. The van der Waals surface area contributed by atoms with Crippen molar-refractivity contribution in [2.24, 2.45) is 0 Å². The van der Waals surface area contributed by atoms with Gasteiger partial charge in [-0.25, -0.2) is 0 Å². The second-order valence-electron chi connectivity index (χ2n) is 9.79. The first kappa shape index (κ1) is 24.3. The van der Waals surface area contributed by atoms with E-state index in [4.69, 9.17) is 0 Å². The summed E-state index contributed by atoms with van der Waals surface area (Å²) < 4.78 is 0. The summed E-state index contributed by atoms with van der Waals surface area (Å²) in [7, 11) is 0. The Balaban J connectivity index is 1.10. The summed E-state index contributed by atoms with van der Waals surface area (Å²) in [4.78, 5) is 12.7. The van der Waals surface area contributed by atoms with Crippen LogP contribution in [0.2, 0.25) is 0 Å². The predicted octanol–water partition coefficient (Wildman–Crippen LogP) is 9.51. The number of rotatable bonds is 7. The van der Waals surface area contributed by atoms with Crippen LogP contribution in [0.15, 0.2) is 158 Å². The van der Waals surface area contributed by atoms with Gasteiger partial charge >= 0.3 is 0 Å². The Kier molecular flexibility index (Phi) is 6.97. The molecule has 6 aromatic rings. The number of hydrogen-bond acceptors (Lipinski definition) is 1. The van der Waals surface area contributed by atoms with Crippen LogP contribution < -0.4 is 0 Å². The van der Waals surface area contributed by atoms with Gasteiger partial charge in [-0.2, -0.15) is 0 Å². The van der Waals surface area contributed by atoms with E-state index in [-0.39, 0.29) is 5.78 Å². The average Bonchev–Trinajstić information content (AvgIpc) is 3.02. The summed E-state index contributed by atoms with van der Waals surface area (Å²) in [6, 6.07) is 54.1. The third-order valence-electron chi connectivity index (χ3n) is 7.16. The smallest absolute Gasteiger partial charge is 0.193 e. The van der Waals surface area contributed by atoms with Gasteiger partial charge in [-0.15, -0.1) is 0 Å². The summed E-state index contributed by atoms with van der Waals surface area (Å²) in [5.41, 5.74) is 11.2. The van der Waals surface area contributed by atoms with E-state index in [1.165, 1.54) is 44.5 Å². The van der Waals surface area contributed by atoms with Gasteiger partial charge in [0.05, 0.1) is 0 Å². The summed E-state index contributed by atoms with van der Waals surface area (Å²) in [6.45, 7) is 0. The summed E-state index contributed by atoms with van der Waals surface area (Å²) in [5, 5.41) is 0. The lowest BCUT2D eigenvalue weighted by Gasteiger charge is -2.08. The molecule has 0 radical (unpaired) electrons. The molecule has 0 bridgehead atoms. The fourth-order valence-electron chi connectivity index (χ4n) is 4.92. The number of benzene rings is 6. The Bertz CT molecular complexity index is 1660. The van der Waals surface area contributed by atoms with Crippen LogP contribution in [-0.2, 0) is 6.42 Å². The third kappa shape index (κ3) is 5.63. The highest BCUT2D eigenvalue weighted by Gasteiger charge is 2.08. The maximum atomic E-state index is 12.7. The molecule has 0 saturated heterocycles. The van der Waals surface area contributed by atoms with E-state index in [9.17, 15) is 4.79 Å². The van der Waals surface area contributed by atoms with Gasteiger partial charge < -0.3 is 0 Å². The van der Waals surface area contributed by atoms with Crippen molar-refractivity contribution in [2.45, 2.75) is 6.42 Å². The minimum atomic E-state index is 0.0571. The average molecular weight is 501 g/mol. The van der Waals surface area contributed by atoms with Crippen LogP contribution in [-0.4, -0.2) is 5.78 Å². The van der Waals surface area contributed by atoms with Crippen LogP contribution in [0.4, 0.5) is 0 Å². The lowest BCUT2D eigenvalue weighted by molar-refractivity contribution is 0.103. The summed E-state index contributed by atoms with van der Waals surface area (Å²) >= 11 is 0. The number of carbonyl (C=O) groups is 1. The molecule has 0 N–H and O–H groups in total. The maximum Gasteiger partial charge on any atom is 0.193 e. The third-order valence-corrected chi connectivity index (χ3v) is 7.16. The molecule has 0 fully saturated rings. The van der Waals surface area contributed by atoms with Crippen molar-refractivity contribution in [3.05, 3.63) is 180 Å². The van der Waals surface area contributed by atoms with Crippen LogP contribution in [0.25, 0.3) is 33.4 Å². The molecular formula is C38H28O. The van der Waals surface area contributed by atoms with Crippen molar-refractivity contribution in [3.8, 4) is 33.4 Å². The molecule has 186 valence electrons. The number of ketones is 1. The fraction of sp³-hybridized carbons (Fsp3) is 0.0263. The molecule has 39 heavy (non-hydrogen) atoms. The van der Waals surface area contributed by atoms with Crippen LogP contribution in [0.3, 0.4) is 0 Å². The molecule has 0 heterocycles. The highest BCUT2D eigenvalue weighted by molar-refractivity contribution is 6.08. The van der Waals surface area contributed by atoms with Gasteiger partial charge in [-0.05, 0) is 50.9 Å². The first-order chi connectivity index (χ1) is 19.2. The normalized spacial score (nSPS) is 10.8. The minimum absolute atomic E-state index is 0.0571. The molecule has 0 aromatic heterocycles. The van der Waals surface area contributed by atoms with Gasteiger partial charge in [0.1, 0.15) is 0 Å². The van der Waals surface area contributed by atoms with Gasteiger partial charge in [-0.1, -0.05) is 158 Å². The Hall–Kier alpha value is -5.01. The van der Waals surface area contributed by atoms with Gasteiger partial charge in [0.25, 0.3) is 0 Å². The van der Waals surface area contributed by atoms with Crippen LogP contribution in [0.5, 0.6) is 0 Å². The zero-order valence-corrected chi connectivity index (χ0v) is 21.6. The standard InChI is InChI=1S/C38H28O/c39-38(36-9-5-2-6-10-36)37-17-13-29(14-18-37)27-28-11-15-31(16-12-28)33-23-25-35(26-24-33)34-21-19-32(20-22-34)30-7-3-1-4-8-30/h1-26H,27H2. The molecule has 0 spiro atoms. The van der Waals surface area contributed by atoms with E-state index in [0.29, 0.717) is 0 Å². The lowest BCUT2D eigenvalue weighted by atomic mass is 9.96. The molecule has 6 rings (SSSR count). The fourth-order valence-corrected chi connectivity index (χ4v) is 4.92. The Morgan fingerprint density at radius 1 is 0.333 bits per heavy atom. The van der Waals surface area contributed by atoms with Crippen LogP contribution >= 0.6 is 0 Å². The van der Waals surface area contributed by atoms with Crippen molar-refractivity contribution in [3.63, 3.8) is 0 Å². The van der Waals surface area contributed by atoms with Crippen molar-refractivity contribution in [1.82, 2.24) is 0 Å². The van der Waals surface area contributed by atoms with E-state index in [2.05, 4.69) is 109 Å². The molecule has 1 heteroatoms. The monoisotopic (exact) mass is 500 g/mol. The van der Waals surface area contributed by atoms with E-state index < -0.39 is 0 Å². The van der Waals surface area contributed by atoms with Gasteiger partial charge in [0.15, 0.2) is 5.78 Å². The molecular weight excluding hydrogens is 472 g/mol. The van der Waals surface area contributed by atoms with Crippen molar-refractivity contribution in [1.29, 1.82) is 0 Å². The molecule has 0 amide bonds. The van der Waals surface area contributed by atoms with Crippen molar-refractivity contribution in [2.75, 3.05) is 0 Å². The molecule has 0 aliphatic heterocycles. The van der Waals surface area contributed by atoms with E-state index >= 15 is 0 Å². The van der Waals surface area contributed by atoms with Gasteiger partial charge in [-0.3, -0.25) is 4.79 Å². The number of carbonyl (C=O) groups excluding carboxylic acids is 1. The van der Waals surface area contributed by atoms with Crippen molar-refractivity contribution < 1.29 is 4.79 Å². The van der Waals surface area contributed by atoms with Gasteiger partial charge in [0.2, 0.25) is 0 Å². The van der Waals surface area contributed by atoms with Gasteiger partial charge in [0, 0.05) is 11.1 Å². The van der Waals surface area contributed by atoms with Crippen molar-refractivity contribution >= 4 is 5.78 Å². The first-order valence-corrected chi connectivity index (χ1v) is 13.3. The van der Waals surface area contributed by atoms with E-state index in [1.807, 2.05) is 48.5 Å². The zero-order chi connectivity index (χ0) is 26.4. The molecule has 0 saturated carbocycles. The maximum absolute atomic E-state index is 12.7. The molecule has 0 aliphatic carbocycles. The molecule has 0 atom stereocenters. The summed E-state index contributed by atoms with van der Waals surface area (Å²) in [5.74, 6) is 0.0571. The highest BCUT2D eigenvalue weighted by Crippen LogP contribution is 2.28. The lowest BCUT2D eigenvalue weighted by Crippen LogP contribution is -2.01. The Morgan fingerprint density at radius 3 is 1.08 bits per heavy atom. The largest absolute Gasteiger partial charge is 0.289 e. The SMILES string of the molecule is O=C(c1ccccc1)c1ccc(Cc2ccc(-c3ccc(-c4ccc(-c5ccccc5)cc4)cc3)cc2)cc1. The van der Waals surface area contributed by atoms with Crippen LogP contribution in [0, 0.1) is 0 Å². The highest BCUT2D eigenvalue weighted by atomic mass is 16.1. The summed E-state index contributed by atoms with van der Waals surface area (Å²) in [6.07, 6.45) is 0.831. The topological polar surface area (TPSA) is 17.1 Å². The zero-order valence-electron chi connectivity index (χ0n) is 21.6. The molecule has 0 aliphatic rings. The van der Waals surface area contributed by atoms with E-state index in [1.54, 1.807) is 0 Å². The van der Waals surface area contributed by atoms with E-state index in [0.717, 1.165) is 17.5 Å². The second kappa shape index (κ2) is 11.2. The Morgan fingerprint density at radius 2 is 0.641 bits per heavy atom. The Labute approximate surface area is 230 Å².